The lowest BCUT2D eigenvalue weighted by molar-refractivity contribution is 0.144. The van der Waals surface area contributed by atoms with Gasteiger partial charge in [-0.05, 0) is 50.1 Å². The molecule has 0 aliphatic heterocycles. The van der Waals surface area contributed by atoms with Crippen LogP contribution >= 0.6 is 0 Å². The van der Waals surface area contributed by atoms with Gasteiger partial charge in [0.2, 0.25) is 0 Å². The van der Waals surface area contributed by atoms with Crippen molar-refractivity contribution in [2.75, 3.05) is 19.8 Å². The Kier molecular flexibility index (Phi) is 7.64. The van der Waals surface area contributed by atoms with Gasteiger partial charge in [0.1, 0.15) is 12.4 Å². The van der Waals surface area contributed by atoms with Crippen LogP contribution in [0.15, 0.2) is 48.5 Å². The average Bonchev–Trinajstić information content (AvgIpc) is 2.57. The molecular formula is C20H27NO2. The lowest BCUT2D eigenvalue weighted by Crippen LogP contribution is -2.16. The monoisotopic (exact) mass is 313 g/mol. The van der Waals surface area contributed by atoms with Gasteiger partial charge in [0.05, 0.1) is 0 Å². The highest BCUT2D eigenvalue weighted by atomic mass is 16.5. The molecular weight excluding hydrogens is 286 g/mol. The number of ether oxygens (including phenoxy) is 2. The van der Waals surface area contributed by atoms with Crippen LogP contribution in [-0.2, 0) is 17.9 Å². The van der Waals surface area contributed by atoms with Crippen LogP contribution in [0.4, 0.5) is 0 Å². The van der Waals surface area contributed by atoms with E-state index in [1.54, 1.807) is 0 Å². The first-order chi connectivity index (χ1) is 11.3. The predicted molar refractivity (Wildman–Crippen MR) is 94.8 cm³/mol. The van der Waals surface area contributed by atoms with Crippen LogP contribution in [0, 0.1) is 6.92 Å². The van der Waals surface area contributed by atoms with E-state index in [9.17, 15) is 0 Å². The SMILES string of the molecule is CCOCCCNCc1ccc(OCc2cccc(C)c2)cc1. The molecule has 0 aliphatic carbocycles. The summed E-state index contributed by atoms with van der Waals surface area (Å²) in [6.45, 7) is 8.21. The van der Waals surface area contributed by atoms with E-state index < -0.39 is 0 Å². The number of benzene rings is 2. The first-order valence-electron chi connectivity index (χ1n) is 8.33. The highest BCUT2D eigenvalue weighted by molar-refractivity contribution is 5.28. The van der Waals surface area contributed by atoms with Crippen LogP contribution < -0.4 is 10.1 Å². The Bertz CT molecular complexity index is 566. The summed E-state index contributed by atoms with van der Waals surface area (Å²) in [4.78, 5) is 0. The standard InChI is InChI=1S/C20H27NO2/c1-3-22-13-5-12-21-15-18-8-10-20(11-9-18)23-16-19-7-4-6-17(2)14-19/h4,6-11,14,21H,3,5,12-13,15-16H2,1-2H3. The van der Waals surface area contributed by atoms with Gasteiger partial charge in [-0.25, -0.2) is 0 Å². The lowest BCUT2D eigenvalue weighted by atomic mass is 10.1. The van der Waals surface area contributed by atoms with Crippen LogP contribution in [0.2, 0.25) is 0 Å². The molecule has 0 aliphatic rings. The smallest absolute Gasteiger partial charge is 0.119 e. The Morgan fingerprint density at radius 1 is 1.00 bits per heavy atom. The lowest BCUT2D eigenvalue weighted by Gasteiger charge is -2.09. The van der Waals surface area contributed by atoms with E-state index in [-0.39, 0.29) is 0 Å². The van der Waals surface area contributed by atoms with Crippen molar-refractivity contribution in [1.29, 1.82) is 0 Å². The molecule has 2 rings (SSSR count). The number of rotatable bonds is 10. The largest absolute Gasteiger partial charge is 0.489 e. The van der Waals surface area contributed by atoms with E-state index in [0.717, 1.165) is 38.5 Å². The van der Waals surface area contributed by atoms with Crippen molar-refractivity contribution in [2.24, 2.45) is 0 Å². The summed E-state index contributed by atoms with van der Waals surface area (Å²) in [5.41, 5.74) is 3.73. The Labute approximate surface area is 139 Å². The molecule has 3 nitrogen and oxygen atoms in total. The van der Waals surface area contributed by atoms with Gasteiger partial charge >= 0.3 is 0 Å². The molecule has 1 N–H and O–H groups in total. The molecule has 0 radical (unpaired) electrons. The maximum atomic E-state index is 5.84. The maximum Gasteiger partial charge on any atom is 0.119 e. The van der Waals surface area contributed by atoms with Crippen molar-refractivity contribution in [3.63, 3.8) is 0 Å². The molecule has 0 aromatic heterocycles. The van der Waals surface area contributed by atoms with Crippen LogP contribution in [-0.4, -0.2) is 19.8 Å². The highest BCUT2D eigenvalue weighted by Crippen LogP contribution is 2.14. The van der Waals surface area contributed by atoms with E-state index in [0.29, 0.717) is 6.61 Å². The Morgan fingerprint density at radius 2 is 1.83 bits per heavy atom. The summed E-state index contributed by atoms with van der Waals surface area (Å²) in [7, 11) is 0. The summed E-state index contributed by atoms with van der Waals surface area (Å²) in [5.74, 6) is 0.909. The molecule has 0 fully saturated rings. The van der Waals surface area contributed by atoms with E-state index in [1.807, 2.05) is 19.1 Å². The van der Waals surface area contributed by atoms with E-state index in [2.05, 4.69) is 48.6 Å². The molecule has 0 heterocycles. The zero-order chi connectivity index (χ0) is 16.3. The Hall–Kier alpha value is -1.84. The average molecular weight is 313 g/mol. The summed E-state index contributed by atoms with van der Waals surface area (Å²) in [5, 5.41) is 3.42. The van der Waals surface area contributed by atoms with Gasteiger partial charge in [0.15, 0.2) is 0 Å². The number of hydrogen-bond donors (Lipinski definition) is 1. The van der Waals surface area contributed by atoms with Crippen LogP contribution in [0.3, 0.4) is 0 Å². The third kappa shape index (κ3) is 6.85. The molecule has 23 heavy (non-hydrogen) atoms. The second-order valence-corrected chi connectivity index (χ2v) is 5.65. The van der Waals surface area contributed by atoms with Gasteiger partial charge in [-0.1, -0.05) is 42.0 Å². The molecule has 124 valence electrons. The molecule has 0 saturated heterocycles. The number of aryl methyl sites for hydroxylation is 1. The minimum atomic E-state index is 0.608. The molecule has 3 heteroatoms. The first kappa shape index (κ1) is 17.5. The molecule has 0 bridgehead atoms. The first-order valence-corrected chi connectivity index (χ1v) is 8.33. The van der Waals surface area contributed by atoms with E-state index in [4.69, 9.17) is 9.47 Å². The topological polar surface area (TPSA) is 30.5 Å². The van der Waals surface area contributed by atoms with Crippen molar-refractivity contribution in [3.8, 4) is 5.75 Å². The summed E-state index contributed by atoms with van der Waals surface area (Å²) >= 11 is 0. The summed E-state index contributed by atoms with van der Waals surface area (Å²) < 4.78 is 11.2. The van der Waals surface area contributed by atoms with Crippen molar-refractivity contribution in [2.45, 2.75) is 33.4 Å². The van der Waals surface area contributed by atoms with Crippen LogP contribution in [0.25, 0.3) is 0 Å². The predicted octanol–water partition coefficient (Wildman–Crippen LogP) is 4.09. The van der Waals surface area contributed by atoms with Gasteiger partial charge in [0.25, 0.3) is 0 Å². The van der Waals surface area contributed by atoms with Crippen molar-refractivity contribution >= 4 is 0 Å². The Morgan fingerprint density at radius 3 is 2.57 bits per heavy atom. The minimum absolute atomic E-state index is 0.608. The number of nitrogens with one attached hydrogen (secondary N) is 1. The zero-order valence-electron chi connectivity index (χ0n) is 14.2. The van der Waals surface area contributed by atoms with Gasteiger partial charge in [0, 0.05) is 19.8 Å². The van der Waals surface area contributed by atoms with E-state index >= 15 is 0 Å². The molecule has 2 aromatic carbocycles. The Balaban J connectivity index is 1.70. The highest BCUT2D eigenvalue weighted by Gasteiger charge is 1.98. The fourth-order valence-electron chi connectivity index (χ4n) is 2.35. The van der Waals surface area contributed by atoms with Gasteiger partial charge in [-0.3, -0.25) is 0 Å². The second kappa shape index (κ2) is 10.0. The molecule has 2 aromatic rings. The van der Waals surface area contributed by atoms with Crippen molar-refractivity contribution in [3.05, 3.63) is 65.2 Å². The van der Waals surface area contributed by atoms with Gasteiger partial charge in [-0.2, -0.15) is 0 Å². The minimum Gasteiger partial charge on any atom is -0.489 e. The molecule has 0 saturated carbocycles. The quantitative estimate of drug-likeness (QED) is 0.670. The van der Waals surface area contributed by atoms with Crippen LogP contribution in [0.1, 0.15) is 30.0 Å². The van der Waals surface area contributed by atoms with Crippen molar-refractivity contribution < 1.29 is 9.47 Å². The number of hydrogen-bond acceptors (Lipinski definition) is 3. The second-order valence-electron chi connectivity index (χ2n) is 5.65. The fraction of sp³-hybridized carbons (Fsp3) is 0.400. The summed E-state index contributed by atoms with van der Waals surface area (Å²) in [6, 6.07) is 16.7. The molecule has 0 spiro atoms. The van der Waals surface area contributed by atoms with Gasteiger partial charge < -0.3 is 14.8 Å². The molecule has 0 amide bonds. The fourth-order valence-corrected chi connectivity index (χ4v) is 2.35. The van der Waals surface area contributed by atoms with Crippen molar-refractivity contribution in [1.82, 2.24) is 5.32 Å². The summed E-state index contributed by atoms with van der Waals surface area (Å²) in [6.07, 6.45) is 1.05. The van der Waals surface area contributed by atoms with E-state index in [1.165, 1.54) is 16.7 Å². The third-order valence-electron chi connectivity index (χ3n) is 3.59. The normalized spacial score (nSPS) is 10.7. The van der Waals surface area contributed by atoms with Crippen LogP contribution in [0.5, 0.6) is 5.75 Å². The van der Waals surface area contributed by atoms with Gasteiger partial charge in [-0.15, -0.1) is 0 Å². The molecule has 0 unspecified atom stereocenters. The molecule has 0 atom stereocenters. The third-order valence-corrected chi connectivity index (χ3v) is 3.59. The maximum absolute atomic E-state index is 5.84. The zero-order valence-corrected chi connectivity index (χ0v) is 14.2.